The van der Waals surface area contributed by atoms with E-state index in [9.17, 15) is 9.36 Å². The van der Waals surface area contributed by atoms with Gasteiger partial charge in [-0.3, -0.25) is 13.9 Å². The van der Waals surface area contributed by atoms with Crippen molar-refractivity contribution in [1.82, 2.24) is 24.6 Å². The van der Waals surface area contributed by atoms with Crippen LogP contribution in [0.25, 0.3) is 21.9 Å². The lowest BCUT2D eigenvalue weighted by Crippen LogP contribution is -2.37. The Labute approximate surface area is 261 Å². The van der Waals surface area contributed by atoms with E-state index >= 15 is 0 Å². The number of imidazole rings is 1. The number of carbonyl (C=O) groups is 1. The molecule has 1 aliphatic rings. The molecule has 4 N–H and O–H groups in total. The van der Waals surface area contributed by atoms with Gasteiger partial charge in [0.2, 0.25) is 5.95 Å². The van der Waals surface area contributed by atoms with Crippen molar-refractivity contribution in [3.8, 4) is 18.1 Å². The molecule has 1 fully saturated rings. The number of benzene rings is 2. The predicted molar refractivity (Wildman–Crippen MR) is 171 cm³/mol. The maximum Gasteiger partial charge on any atom is 0.459 e. The molecule has 14 heteroatoms. The topological polar surface area (TPSA) is 165 Å². The molecule has 0 radical (unpaired) electrons. The summed E-state index contributed by atoms with van der Waals surface area (Å²) in [5.41, 5.74) is 6.64. The Kier molecular flexibility index (Phi) is 9.32. The fourth-order valence-electron chi connectivity index (χ4n) is 4.94. The van der Waals surface area contributed by atoms with Crippen molar-refractivity contribution in [2.24, 2.45) is 11.3 Å². The maximum atomic E-state index is 14.3. The van der Waals surface area contributed by atoms with Gasteiger partial charge in [0, 0.05) is 12.4 Å². The lowest BCUT2D eigenvalue weighted by molar-refractivity contribution is -0.148. The van der Waals surface area contributed by atoms with Gasteiger partial charge < -0.3 is 25.0 Å². The molecule has 0 saturated carbocycles. The first-order valence-electron chi connectivity index (χ1n) is 14.6. The third-order valence-electron chi connectivity index (χ3n) is 7.11. The van der Waals surface area contributed by atoms with Crippen molar-refractivity contribution in [2.45, 2.75) is 52.5 Å². The first-order chi connectivity index (χ1) is 21.4. The van der Waals surface area contributed by atoms with E-state index in [-0.39, 0.29) is 30.5 Å². The summed E-state index contributed by atoms with van der Waals surface area (Å²) in [6.07, 6.45) is 6.63. The van der Waals surface area contributed by atoms with Crippen molar-refractivity contribution < 1.29 is 27.9 Å². The minimum absolute atomic E-state index is 0.0662. The van der Waals surface area contributed by atoms with Gasteiger partial charge in [0.25, 0.3) is 0 Å². The summed E-state index contributed by atoms with van der Waals surface area (Å²) in [5.74, 6) is 2.66. The zero-order chi connectivity index (χ0) is 32.4. The average molecular weight is 636 g/mol. The molecule has 1 saturated heterocycles. The van der Waals surface area contributed by atoms with Gasteiger partial charge in [-0.05, 0) is 30.2 Å². The number of anilines is 2. The van der Waals surface area contributed by atoms with Crippen molar-refractivity contribution >= 4 is 47.4 Å². The second-order valence-electron chi connectivity index (χ2n) is 12.0. The first-order valence-corrected chi connectivity index (χ1v) is 16.1. The molecule has 0 amide bonds. The lowest BCUT2D eigenvalue weighted by Gasteiger charge is -2.25. The minimum Gasteiger partial charge on any atom is -0.464 e. The first kappa shape index (κ1) is 32.2. The quantitative estimate of drug-likeness (QED) is 0.116. The summed E-state index contributed by atoms with van der Waals surface area (Å²) in [4.78, 5) is 25.8. The van der Waals surface area contributed by atoms with Crippen molar-refractivity contribution in [3.63, 3.8) is 0 Å². The summed E-state index contributed by atoms with van der Waals surface area (Å²) < 4.78 is 39.8. The number of terminal acetylenes is 1. The Morgan fingerprint density at radius 1 is 1.24 bits per heavy atom. The molecular formula is C31H38N7O6P. The maximum absolute atomic E-state index is 14.3. The number of rotatable bonds is 11. The molecule has 2 aromatic carbocycles. The Balaban J connectivity index is 1.37. The van der Waals surface area contributed by atoms with Gasteiger partial charge in [0.15, 0.2) is 23.2 Å². The Morgan fingerprint density at radius 3 is 2.73 bits per heavy atom. The van der Waals surface area contributed by atoms with Gasteiger partial charge in [-0.1, -0.05) is 63.1 Å². The van der Waals surface area contributed by atoms with E-state index in [2.05, 4.69) is 31.3 Å². The highest BCUT2D eigenvalue weighted by molar-refractivity contribution is 7.52. The van der Waals surface area contributed by atoms with Crippen LogP contribution in [0.15, 0.2) is 48.8 Å². The van der Waals surface area contributed by atoms with Crippen LogP contribution in [0.4, 0.5) is 11.8 Å². The van der Waals surface area contributed by atoms with Crippen LogP contribution >= 0.6 is 7.75 Å². The second kappa shape index (κ2) is 13.0. The van der Waals surface area contributed by atoms with Gasteiger partial charge in [-0.15, -0.1) is 6.42 Å². The summed E-state index contributed by atoms with van der Waals surface area (Å²) >= 11 is 0. The zero-order valence-electron chi connectivity index (χ0n) is 25.9. The number of nitrogen functional groups attached to an aromatic ring is 1. The van der Waals surface area contributed by atoms with Crippen LogP contribution in [-0.4, -0.2) is 57.9 Å². The van der Waals surface area contributed by atoms with Crippen molar-refractivity contribution in [1.29, 1.82) is 0 Å². The van der Waals surface area contributed by atoms with Crippen molar-refractivity contribution in [2.75, 3.05) is 31.3 Å². The highest BCUT2D eigenvalue weighted by Gasteiger charge is 2.40. The summed E-state index contributed by atoms with van der Waals surface area (Å²) in [6.45, 7) is 7.42. The van der Waals surface area contributed by atoms with Crippen LogP contribution in [0, 0.1) is 23.7 Å². The molecule has 13 nitrogen and oxygen atoms in total. The molecule has 1 aliphatic heterocycles. The monoisotopic (exact) mass is 635 g/mol. The fourth-order valence-corrected chi connectivity index (χ4v) is 6.48. The van der Waals surface area contributed by atoms with E-state index < -0.39 is 32.1 Å². The number of hydrogen-bond acceptors (Lipinski definition) is 11. The number of fused-ring (bicyclic) bond motifs is 2. The second-order valence-corrected chi connectivity index (χ2v) is 13.7. The van der Waals surface area contributed by atoms with Crippen LogP contribution < -0.4 is 20.7 Å². The van der Waals surface area contributed by atoms with E-state index in [0.29, 0.717) is 29.2 Å². The molecule has 0 spiro atoms. The molecule has 238 valence electrons. The highest BCUT2D eigenvalue weighted by Crippen LogP contribution is 2.48. The molecule has 45 heavy (non-hydrogen) atoms. The molecule has 0 bridgehead atoms. The third kappa shape index (κ3) is 7.37. The van der Waals surface area contributed by atoms with E-state index in [4.69, 9.17) is 30.7 Å². The number of hydrogen-bond donors (Lipinski definition) is 3. The SMILES string of the molecule is C#C[C@H]1C[C@@H](CO[P@@](=O)(N[C@H](C)C(=O)OCC(C)(C)C)Oc2cccc3ccccc23)O[C@H]1n1cnc2c(NC)nc(N)nc21. The molecule has 3 heterocycles. The van der Waals surface area contributed by atoms with Crippen LogP contribution in [0.3, 0.4) is 0 Å². The Morgan fingerprint density at radius 2 is 2.00 bits per heavy atom. The third-order valence-corrected chi connectivity index (χ3v) is 8.74. The van der Waals surface area contributed by atoms with Crippen LogP contribution in [-0.2, 0) is 23.4 Å². The van der Waals surface area contributed by atoms with Gasteiger partial charge in [-0.2, -0.15) is 15.1 Å². The van der Waals surface area contributed by atoms with Gasteiger partial charge in [0.05, 0.1) is 31.6 Å². The minimum atomic E-state index is -4.18. The smallest absolute Gasteiger partial charge is 0.459 e. The summed E-state index contributed by atoms with van der Waals surface area (Å²) in [6, 6.07) is 11.9. The highest BCUT2D eigenvalue weighted by atomic mass is 31.2. The normalized spacial score (nSPS) is 20.4. The van der Waals surface area contributed by atoms with E-state index in [1.54, 1.807) is 37.0 Å². The number of aromatic nitrogens is 4. The van der Waals surface area contributed by atoms with E-state index in [1.807, 2.05) is 51.1 Å². The van der Waals surface area contributed by atoms with Gasteiger partial charge in [0.1, 0.15) is 11.8 Å². The fraction of sp³-hybridized carbons (Fsp3) is 0.419. The molecule has 5 atom stereocenters. The molecule has 5 rings (SSSR count). The predicted octanol–water partition coefficient (Wildman–Crippen LogP) is 4.91. The van der Waals surface area contributed by atoms with Crippen molar-refractivity contribution in [3.05, 3.63) is 48.8 Å². The summed E-state index contributed by atoms with van der Waals surface area (Å²) in [7, 11) is -2.47. The number of ether oxygens (including phenoxy) is 2. The largest absolute Gasteiger partial charge is 0.464 e. The van der Waals surface area contributed by atoms with Gasteiger partial charge >= 0.3 is 13.7 Å². The van der Waals surface area contributed by atoms with E-state index in [0.717, 1.165) is 10.8 Å². The molecular weight excluding hydrogens is 597 g/mol. The number of carbonyl (C=O) groups excluding carboxylic acids is 1. The van der Waals surface area contributed by atoms with Gasteiger partial charge in [-0.25, -0.2) is 9.55 Å². The Hall–Kier alpha value is -4.21. The number of nitrogens with zero attached hydrogens (tertiary/aromatic N) is 4. The Bertz CT molecular complexity index is 1780. The van der Waals surface area contributed by atoms with Crippen LogP contribution in [0.5, 0.6) is 5.75 Å². The molecule has 2 aromatic heterocycles. The number of nitrogens with two attached hydrogens (primary N) is 1. The van der Waals surface area contributed by atoms with Crippen LogP contribution in [0.1, 0.15) is 40.3 Å². The standard InChI is InChI=1S/C31H38N7O6P/c1-7-20-15-22(43-28(20)38-18-34-25-26(33-6)35-30(32)36-27(25)38)16-42-45(40,37-19(2)29(39)41-17-31(3,4)5)44-24-14-10-12-21-11-8-9-13-23(21)24/h1,8-14,18-20,22,28H,15-17H2,2-6H3,(H,37,40)(H3,32,33,35,36)/t19-,20+,22+,28-,45+/m1/s1. The summed E-state index contributed by atoms with van der Waals surface area (Å²) in [5, 5.41) is 7.34. The zero-order valence-corrected chi connectivity index (χ0v) is 26.8. The van der Waals surface area contributed by atoms with Crippen LogP contribution in [0.2, 0.25) is 0 Å². The molecule has 0 aliphatic carbocycles. The number of nitrogens with one attached hydrogen (secondary N) is 2. The lowest BCUT2D eigenvalue weighted by atomic mass is 9.99. The van der Waals surface area contributed by atoms with E-state index in [1.165, 1.54) is 0 Å². The number of esters is 1. The molecule has 4 aromatic rings. The average Bonchev–Trinajstić information content (AvgIpc) is 3.62. The molecule has 0 unspecified atom stereocenters.